The Morgan fingerprint density at radius 3 is 1.64 bits per heavy atom. The van der Waals surface area contributed by atoms with Crippen LogP contribution in [0.4, 0.5) is 16.2 Å². The van der Waals surface area contributed by atoms with Crippen LogP contribution in [0.25, 0.3) is 0 Å². The zero-order valence-electron chi connectivity index (χ0n) is 18.3. The molecule has 2 saturated heterocycles. The lowest BCUT2D eigenvalue weighted by molar-refractivity contribution is -0.152. The molecule has 0 aromatic heterocycles. The highest BCUT2D eigenvalue weighted by Crippen LogP contribution is 2.15. The molecule has 4 rings (SSSR count). The summed E-state index contributed by atoms with van der Waals surface area (Å²) in [5.74, 6) is -1.06. The number of anilines is 2. The maximum absolute atomic E-state index is 12.8. The lowest BCUT2D eigenvalue weighted by Gasteiger charge is -2.35. The summed E-state index contributed by atoms with van der Waals surface area (Å²) in [4.78, 5) is 54.5. The van der Waals surface area contributed by atoms with Gasteiger partial charge < -0.3 is 25.3 Å². The molecule has 2 heterocycles. The van der Waals surface area contributed by atoms with E-state index in [0.29, 0.717) is 56.2 Å². The van der Waals surface area contributed by atoms with E-state index in [2.05, 4.69) is 10.6 Å². The number of para-hydroxylation sites is 1. The molecule has 2 fully saturated rings. The van der Waals surface area contributed by atoms with Gasteiger partial charge in [-0.25, -0.2) is 4.79 Å². The molecule has 0 unspecified atom stereocenters. The Labute approximate surface area is 192 Å². The van der Waals surface area contributed by atoms with Crippen LogP contribution in [0.3, 0.4) is 0 Å². The second kappa shape index (κ2) is 10.2. The molecule has 0 bridgehead atoms. The summed E-state index contributed by atoms with van der Waals surface area (Å²) >= 11 is 0. The first kappa shape index (κ1) is 22.3. The predicted molar refractivity (Wildman–Crippen MR) is 124 cm³/mol. The number of hydrogen-bond acceptors (Lipinski definition) is 4. The molecule has 2 aromatic carbocycles. The summed E-state index contributed by atoms with van der Waals surface area (Å²) in [5.41, 5.74) is 1.74. The van der Waals surface area contributed by atoms with Crippen molar-refractivity contribution in [3.05, 3.63) is 60.2 Å². The zero-order valence-corrected chi connectivity index (χ0v) is 18.3. The average Bonchev–Trinajstić information content (AvgIpc) is 3.39. The van der Waals surface area contributed by atoms with Crippen molar-refractivity contribution in [2.45, 2.75) is 12.8 Å². The molecule has 0 spiro atoms. The van der Waals surface area contributed by atoms with Crippen LogP contribution in [-0.2, 0) is 9.59 Å². The van der Waals surface area contributed by atoms with Crippen molar-refractivity contribution in [1.29, 1.82) is 0 Å². The first-order valence-electron chi connectivity index (χ1n) is 11.1. The molecular weight excluding hydrogens is 422 g/mol. The van der Waals surface area contributed by atoms with Gasteiger partial charge in [-0.05, 0) is 49.2 Å². The summed E-state index contributed by atoms with van der Waals surface area (Å²) in [6, 6.07) is 15.4. The highest BCUT2D eigenvalue weighted by molar-refractivity contribution is 6.35. The third-order valence-corrected chi connectivity index (χ3v) is 5.85. The molecule has 2 aliphatic rings. The summed E-state index contributed by atoms with van der Waals surface area (Å²) in [5, 5.41) is 5.47. The van der Waals surface area contributed by atoms with Crippen molar-refractivity contribution < 1.29 is 19.2 Å². The number of likely N-dealkylation sites (tertiary alicyclic amines) is 1. The minimum absolute atomic E-state index is 0.145. The lowest BCUT2D eigenvalue weighted by Crippen LogP contribution is -2.54. The monoisotopic (exact) mass is 449 g/mol. The number of benzene rings is 2. The molecule has 0 saturated carbocycles. The standard InChI is InChI=1S/C24H27N5O4/c30-21(28-14-16-29(17-15-28)23(32)22(31)27-12-4-5-13-27)18-8-10-20(11-9-18)26-24(33)25-19-6-2-1-3-7-19/h1-3,6-11H,4-5,12-17H2,(H2,25,26,33). The van der Waals surface area contributed by atoms with Gasteiger partial charge in [0.25, 0.3) is 5.91 Å². The Kier molecular flexibility index (Phi) is 6.87. The highest BCUT2D eigenvalue weighted by Gasteiger charge is 2.31. The number of piperazine rings is 1. The Hall–Kier alpha value is -3.88. The van der Waals surface area contributed by atoms with Gasteiger partial charge in [-0.1, -0.05) is 18.2 Å². The number of hydrogen-bond donors (Lipinski definition) is 2. The van der Waals surface area contributed by atoms with E-state index in [-0.39, 0.29) is 11.9 Å². The fourth-order valence-corrected chi connectivity index (χ4v) is 4.00. The van der Waals surface area contributed by atoms with Crippen molar-refractivity contribution in [3.63, 3.8) is 0 Å². The minimum Gasteiger partial charge on any atom is -0.335 e. The quantitative estimate of drug-likeness (QED) is 0.702. The Bertz CT molecular complexity index is 1010. The molecule has 33 heavy (non-hydrogen) atoms. The Balaban J connectivity index is 1.27. The van der Waals surface area contributed by atoms with Crippen LogP contribution in [-0.4, -0.2) is 77.7 Å². The summed E-state index contributed by atoms with van der Waals surface area (Å²) < 4.78 is 0. The Morgan fingerprint density at radius 1 is 0.576 bits per heavy atom. The maximum Gasteiger partial charge on any atom is 0.323 e. The van der Waals surface area contributed by atoms with E-state index in [1.165, 1.54) is 4.90 Å². The molecule has 9 nitrogen and oxygen atoms in total. The van der Waals surface area contributed by atoms with Crippen LogP contribution < -0.4 is 10.6 Å². The molecule has 5 amide bonds. The van der Waals surface area contributed by atoms with Crippen molar-refractivity contribution in [2.24, 2.45) is 0 Å². The molecule has 2 aliphatic heterocycles. The van der Waals surface area contributed by atoms with E-state index in [0.717, 1.165) is 12.8 Å². The van der Waals surface area contributed by atoms with Crippen molar-refractivity contribution >= 4 is 35.1 Å². The number of carbonyl (C=O) groups is 4. The molecule has 2 N–H and O–H groups in total. The fourth-order valence-electron chi connectivity index (χ4n) is 4.00. The normalized spacial score (nSPS) is 15.8. The van der Waals surface area contributed by atoms with Crippen LogP contribution in [0.2, 0.25) is 0 Å². The third kappa shape index (κ3) is 5.49. The first-order valence-corrected chi connectivity index (χ1v) is 11.1. The average molecular weight is 450 g/mol. The summed E-state index contributed by atoms with van der Waals surface area (Å²) in [6.07, 6.45) is 1.88. The number of urea groups is 1. The summed E-state index contributed by atoms with van der Waals surface area (Å²) in [6.45, 7) is 2.70. The summed E-state index contributed by atoms with van der Waals surface area (Å²) in [7, 11) is 0. The second-order valence-corrected chi connectivity index (χ2v) is 8.11. The van der Waals surface area contributed by atoms with Gasteiger partial charge in [0.2, 0.25) is 0 Å². The van der Waals surface area contributed by atoms with Crippen LogP contribution in [0.5, 0.6) is 0 Å². The zero-order chi connectivity index (χ0) is 23.2. The lowest BCUT2D eigenvalue weighted by atomic mass is 10.1. The number of nitrogens with one attached hydrogen (secondary N) is 2. The number of amides is 5. The van der Waals surface area contributed by atoms with E-state index in [4.69, 9.17) is 0 Å². The van der Waals surface area contributed by atoms with E-state index in [1.807, 2.05) is 18.2 Å². The Morgan fingerprint density at radius 2 is 1.06 bits per heavy atom. The van der Waals surface area contributed by atoms with Gasteiger partial charge in [0.15, 0.2) is 0 Å². The van der Waals surface area contributed by atoms with Crippen LogP contribution in [0.1, 0.15) is 23.2 Å². The largest absolute Gasteiger partial charge is 0.335 e. The SMILES string of the molecule is O=C(Nc1ccccc1)Nc1ccc(C(=O)N2CCN(C(=O)C(=O)N3CCCC3)CC2)cc1. The van der Waals surface area contributed by atoms with E-state index < -0.39 is 11.8 Å². The second-order valence-electron chi connectivity index (χ2n) is 8.11. The van der Waals surface area contributed by atoms with Crippen molar-refractivity contribution in [1.82, 2.24) is 14.7 Å². The van der Waals surface area contributed by atoms with Crippen molar-refractivity contribution in [3.8, 4) is 0 Å². The van der Waals surface area contributed by atoms with Gasteiger partial charge in [-0.2, -0.15) is 0 Å². The third-order valence-electron chi connectivity index (χ3n) is 5.85. The first-order chi connectivity index (χ1) is 16.0. The van der Waals surface area contributed by atoms with Gasteiger partial charge in [-0.15, -0.1) is 0 Å². The number of nitrogens with zero attached hydrogens (tertiary/aromatic N) is 3. The minimum atomic E-state index is -0.479. The van der Waals surface area contributed by atoms with Gasteiger partial charge in [0.1, 0.15) is 0 Å². The number of carbonyl (C=O) groups excluding carboxylic acids is 4. The molecule has 0 aliphatic carbocycles. The van der Waals surface area contributed by atoms with Crippen LogP contribution in [0, 0.1) is 0 Å². The van der Waals surface area contributed by atoms with E-state index >= 15 is 0 Å². The van der Waals surface area contributed by atoms with Crippen LogP contribution in [0.15, 0.2) is 54.6 Å². The molecular formula is C24H27N5O4. The van der Waals surface area contributed by atoms with Gasteiger partial charge in [-0.3, -0.25) is 14.4 Å². The van der Waals surface area contributed by atoms with Crippen molar-refractivity contribution in [2.75, 3.05) is 49.9 Å². The highest BCUT2D eigenvalue weighted by atomic mass is 16.2. The molecule has 0 radical (unpaired) electrons. The van der Waals surface area contributed by atoms with E-state index in [9.17, 15) is 19.2 Å². The maximum atomic E-state index is 12.8. The van der Waals surface area contributed by atoms with Gasteiger partial charge in [0, 0.05) is 56.2 Å². The fraction of sp³-hybridized carbons (Fsp3) is 0.333. The van der Waals surface area contributed by atoms with Gasteiger partial charge >= 0.3 is 17.8 Å². The smallest absolute Gasteiger partial charge is 0.323 e. The van der Waals surface area contributed by atoms with Crippen LogP contribution >= 0.6 is 0 Å². The number of rotatable bonds is 3. The molecule has 172 valence electrons. The topological polar surface area (TPSA) is 102 Å². The van der Waals surface area contributed by atoms with E-state index in [1.54, 1.807) is 46.2 Å². The molecule has 9 heteroatoms. The molecule has 0 atom stereocenters. The molecule has 2 aromatic rings. The predicted octanol–water partition coefficient (Wildman–Crippen LogP) is 2.24. The van der Waals surface area contributed by atoms with Gasteiger partial charge in [0.05, 0.1) is 0 Å².